The molecule has 0 N–H and O–H groups in total. The van der Waals surface area contributed by atoms with Gasteiger partial charge in [-0.25, -0.2) is 9.78 Å². The zero-order valence-corrected chi connectivity index (χ0v) is 12.6. The molecule has 0 aliphatic heterocycles. The summed E-state index contributed by atoms with van der Waals surface area (Å²) in [7, 11) is 1.28. The minimum atomic E-state index is -4.56. The molecule has 3 rings (SSSR count). The van der Waals surface area contributed by atoms with E-state index in [4.69, 9.17) is 4.74 Å². The van der Waals surface area contributed by atoms with Crippen LogP contribution in [0.1, 0.15) is 16.2 Å². The normalized spacial score (nSPS) is 11.8. The zero-order chi connectivity index (χ0) is 17.3. The quantitative estimate of drug-likeness (QED) is 0.686. The summed E-state index contributed by atoms with van der Waals surface area (Å²) >= 11 is 0. The number of aromatic nitrogens is 4. The van der Waals surface area contributed by atoms with E-state index < -0.39 is 18.0 Å². The molecule has 2 heterocycles. The number of ether oxygens (including phenoxy) is 1. The number of alkyl halides is 3. The van der Waals surface area contributed by atoms with Crippen LogP contribution in [0.15, 0.2) is 36.7 Å². The topological polar surface area (TPSA) is 61.9 Å². The van der Waals surface area contributed by atoms with E-state index in [1.807, 2.05) is 0 Å². The molecule has 3 aromatic rings. The number of hydrogen-bond donors (Lipinski definition) is 0. The van der Waals surface area contributed by atoms with Gasteiger partial charge in [0.15, 0.2) is 0 Å². The Bertz CT molecular complexity index is 869. The van der Waals surface area contributed by atoms with Crippen LogP contribution >= 0.6 is 0 Å². The molecule has 0 fully saturated rings. The molecule has 0 aliphatic carbocycles. The summed E-state index contributed by atoms with van der Waals surface area (Å²) in [5, 5.41) is 3.97. The molecular weight excluding hydrogens is 325 g/mol. The maximum atomic E-state index is 12.9. The first-order valence-electron chi connectivity index (χ1n) is 7.04. The standard InChI is InChI=1S/C15H13F3N4O2/c1-21-12-4-3-10(9-11(12)20-14(21)15(16,17)18)13(23)24-8-7-22-6-2-5-19-22/h2-6,9H,7-8H2,1H3. The molecule has 126 valence electrons. The highest BCUT2D eigenvalue weighted by Gasteiger charge is 2.36. The number of nitrogens with zero attached hydrogens (tertiary/aromatic N) is 4. The molecule has 0 saturated heterocycles. The first kappa shape index (κ1) is 16.0. The van der Waals surface area contributed by atoms with Crippen molar-refractivity contribution in [1.82, 2.24) is 19.3 Å². The Morgan fingerprint density at radius 2 is 2.12 bits per heavy atom. The Morgan fingerprint density at radius 1 is 1.33 bits per heavy atom. The van der Waals surface area contributed by atoms with Crippen molar-refractivity contribution >= 4 is 17.0 Å². The minimum absolute atomic E-state index is 0.0892. The molecule has 6 nitrogen and oxygen atoms in total. The van der Waals surface area contributed by atoms with Crippen LogP contribution < -0.4 is 0 Å². The maximum Gasteiger partial charge on any atom is 0.449 e. The van der Waals surface area contributed by atoms with E-state index in [1.165, 1.54) is 25.2 Å². The van der Waals surface area contributed by atoms with E-state index in [1.54, 1.807) is 23.1 Å². The van der Waals surface area contributed by atoms with Gasteiger partial charge < -0.3 is 9.30 Å². The molecule has 0 bridgehead atoms. The summed E-state index contributed by atoms with van der Waals surface area (Å²) in [5.74, 6) is -1.63. The highest BCUT2D eigenvalue weighted by atomic mass is 19.4. The Morgan fingerprint density at radius 3 is 2.79 bits per heavy atom. The predicted molar refractivity (Wildman–Crippen MR) is 78.2 cm³/mol. The second-order valence-corrected chi connectivity index (χ2v) is 5.10. The largest absolute Gasteiger partial charge is 0.460 e. The number of esters is 1. The molecule has 0 saturated carbocycles. The van der Waals surface area contributed by atoms with Crippen LogP contribution in [0.2, 0.25) is 0 Å². The van der Waals surface area contributed by atoms with Gasteiger partial charge in [0.1, 0.15) is 6.61 Å². The van der Waals surface area contributed by atoms with E-state index in [-0.39, 0.29) is 23.2 Å². The predicted octanol–water partition coefficient (Wildman–Crippen LogP) is 2.65. The Kier molecular flexibility index (Phi) is 4.00. The van der Waals surface area contributed by atoms with Crippen LogP contribution in [-0.2, 0) is 24.5 Å². The maximum absolute atomic E-state index is 12.9. The van der Waals surface area contributed by atoms with E-state index in [0.717, 1.165) is 4.57 Å². The summed E-state index contributed by atoms with van der Waals surface area (Å²) in [6, 6.07) is 5.87. The molecule has 0 aliphatic rings. The molecule has 0 amide bonds. The second kappa shape index (κ2) is 5.99. The highest BCUT2D eigenvalue weighted by molar-refractivity contribution is 5.93. The average molecular weight is 338 g/mol. The van der Waals surface area contributed by atoms with E-state index >= 15 is 0 Å². The van der Waals surface area contributed by atoms with Gasteiger partial charge in [-0.2, -0.15) is 18.3 Å². The van der Waals surface area contributed by atoms with Crippen molar-refractivity contribution in [3.8, 4) is 0 Å². The van der Waals surface area contributed by atoms with Gasteiger partial charge in [0.05, 0.1) is 23.1 Å². The third kappa shape index (κ3) is 3.10. The van der Waals surface area contributed by atoms with E-state index in [2.05, 4.69) is 10.1 Å². The molecule has 0 radical (unpaired) electrons. The van der Waals surface area contributed by atoms with Gasteiger partial charge in [0.2, 0.25) is 5.82 Å². The summed E-state index contributed by atoms with van der Waals surface area (Å²) in [6.07, 6.45) is -1.22. The lowest BCUT2D eigenvalue weighted by molar-refractivity contribution is -0.146. The Hall–Kier alpha value is -2.84. The number of hydrogen-bond acceptors (Lipinski definition) is 4. The molecule has 1 aromatic carbocycles. The third-order valence-corrected chi connectivity index (χ3v) is 3.48. The molecule has 0 spiro atoms. The van der Waals surface area contributed by atoms with Gasteiger partial charge in [0.25, 0.3) is 0 Å². The summed E-state index contributed by atoms with van der Waals surface area (Å²) in [4.78, 5) is 15.6. The lowest BCUT2D eigenvalue weighted by Crippen LogP contribution is -2.12. The number of imidazole rings is 1. The van der Waals surface area contributed by atoms with Crippen molar-refractivity contribution in [2.75, 3.05) is 6.61 Å². The fraction of sp³-hybridized carbons (Fsp3) is 0.267. The summed E-state index contributed by atoms with van der Waals surface area (Å²) in [6.45, 7) is 0.497. The van der Waals surface area contributed by atoms with Crippen molar-refractivity contribution in [2.45, 2.75) is 12.7 Å². The number of fused-ring (bicyclic) bond motifs is 1. The van der Waals surface area contributed by atoms with E-state index in [0.29, 0.717) is 6.54 Å². The Labute approximate surface area is 134 Å². The second-order valence-electron chi connectivity index (χ2n) is 5.10. The van der Waals surface area contributed by atoms with Crippen molar-refractivity contribution in [1.29, 1.82) is 0 Å². The zero-order valence-electron chi connectivity index (χ0n) is 12.6. The monoisotopic (exact) mass is 338 g/mol. The first-order valence-corrected chi connectivity index (χ1v) is 7.04. The van der Waals surface area contributed by atoms with Crippen molar-refractivity contribution in [3.05, 3.63) is 48.0 Å². The molecule has 0 unspecified atom stereocenters. The van der Waals surface area contributed by atoms with Crippen LogP contribution in [-0.4, -0.2) is 31.9 Å². The number of aryl methyl sites for hydroxylation is 1. The molecular formula is C15H13F3N4O2. The number of carbonyl (C=O) groups excluding carboxylic acids is 1. The average Bonchev–Trinajstić information content (AvgIpc) is 3.14. The van der Waals surface area contributed by atoms with Crippen LogP contribution in [0.25, 0.3) is 11.0 Å². The highest BCUT2D eigenvalue weighted by Crippen LogP contribution is 2.30. The third-order valence-electron chi connectivity index (χ3n) is 3.48. The summed E-state index contributed by atoms with van der Waals surface area (Å²) in [5.41, 5.74) is 0.525. The molecule has 9 heteroatoms. The molecule has 0 atom stereocenters. The van der Waals surface area contributed by atoms with Crippen LogP contribution in [0.4, 0.5) is 13.2 Å². The van der Waals surface area contributed by atoms with Crippen LogP contribution in [0.3, 0.4) is 0 Å². The van der Waals surface area contributed by atoms with Crippen molar-refractivity contribution in [3.63, 3.8) is 0 Å². The van der Waals surface area contributed by atoms with Gasteiger partial charge >= 0.3 is 12.1 Å². The van der Waals surface area contributed by atoms with Gasteiger partial charge in [-0.3, -0.25) is 4.68 Å². The number of halogens is 3. The minimum Gasteiger partial charge on any atom is -0.460 e. The molecule has 24 heavy (non-hydrogen) atoms. The Balaban J connectivity index is 1.76. The van der Waals surface area contributed by atoms with Gasteiger partial charge in [0, 0.05) is 19.4 Å². The van der Waals surface area contributed by atoms with Crippen LogP contribution in [0.5, 0.6) is 0 Å². The van der Waals surface area contributed by atoms with Crippen molar-refractivity contribution in [2.24, 2.45) is 7.05 Å². The van der Waals surface area contributed by atoms with Crippen LogP contribution in [0, 0.1) is 0 Å². The lowest BCUT2D eigenvalue weighted by atomic mass is 10.2. The van der Waals surface area contributed by atoms with Gasteiger partial charge in [-0.1, -0.05) is 0 Å². The fourth-order valence-electron chi connectivity index (χ4n) is 2.33. The SMILES string of the molecule is Cn1c(C(F)(F)F)nc2cc(C(=O)OCCn3cccn3)ccc21. The first-order chi connectivity index (χ1) is 11.4. The fourth-order valence-corrected chi connectivity index (χ4v) is 2.33. The number of benzene rings is 1. The smallest absolute Gasteiger partial charge is 0.449 e. The van der Waals surface area contributed by atoms with E-state index in [9.17, 15) is 18.0 Å². The van der Waals surface area contributed by atoms with Gasteiger partial charge in [-0.15, -0.1) is 0 Å². The number of carbonyl (C=O) groups is 1. The van der Waals surface area contributed by atoms with Crippen molar-refractivity contribution < 1.29 is 22.7 Å². The van der Waals surface area contributed by atoms with Gasteiger partial charge in [-0.05, 0) is 24.3 Å². The lowest BCUT2D eigenvalue weighted by Gasteiger charge is -2.06. The molecule has 2 aromatic heterocycles. The number of rotatable bonds is 4. The summed E-state index contributed by atoms with van der Waals surface area (Å²) < 4.78 is 46.2.